The van der Waals surface area contributed by atoms with E-state index in [9.17, 15) is 9.59 Å². The van der Waals surface area contributed by atoms with Gasteiger partial charge in [-0.25, -0.2) is 0 Å². The van der Waals surface area contributed by atoms with Crippen molar-refractivity contribution in [3.8, 4) is 11.5 Å². The average Bonchev–Trinajstić information content (AvgIpc) is 2.66. The van der Waals surface area contributed by atoms with E-state index in [2.05, 4.69) is 10.6 Å². The summed E-state index contributed by atoms with van der Waals surface area (Å²) >= 11 is 7.47. The molecule has 6 nitrogen and oxygen atoms in total. The van der Waals surface area contributed by atoms with Gasteiger partial charge in [-0.05, 0) is 32.0 Å². The maximum atomic E-state index is 12.8. The van der Waals surface area contributed by atoms with E-state index in [0.29, 0.717) is 32.7 Å². The molecule has 0 unspecified atom stereocenters. The van der Waals surface area contributed by atoms with Crippen LogP contribution in [0.15, 0.2) is 41.3 Å². The van der Waals surface area contributed by atoms with Crippen LogP contribution in [0.2, 0.25) is 5.02 Å². The minimum atomic E-state index is -0.327. The van der Waals surface area contributed by atoms with Crippen molar-refractivity contribution in [2.45, 2.75) is 24.8 Å². The topological polar surface area (TPSA) is 76.7 Å². The lowest BCUT2D eigenvalue weighted by molar-refractivity contribution is -0.119. The van der Waals surface area contributed by atoms with Gasteiger partial charge < -0.3 is 20.1 Å². The Hall–Kier alpha value is -2.38. The van der Waals surface area contributed by atoms with Crippen LogP contribution in [0.4, 0.5) is 5.69 Å². The summed E-state index contributed by atoms with van der Waals surface area (Å²) in [6, 6.07) is 10.3. The highest BCUT2D eigenvalue weighted by Gasteiger charge is 2.17. The predicted octanol–water partition coefficient (Wildman–Crippen LogP) is 4.23. The van der Waals surface area contributed by atoms with Crippen LogP contribution >= 0.6 is 23.4 Å². The molecule has 0 aliphatic heterocycles. The third-order valence-corrected chi connectivity index (χ3v) is 5.03. The molecule has 0 saturated carbocycles. The zero-order valence-corrected chi connectivity index (χ0v) is 17.7. The second kappa shape index (κ2) is 10.2. The highest BCUT2D eigenvalue weighted by atomic mass is 35.5. The quantitative estimate of drug-likeness (QED) is 0.622. The standard InChI is InChI=1S/C20H23ClN2O4S/c1-12(2)22-19(24)11-28-18-8-6-5-7-13(18)20(25)23-15-9-14(21)16(26-3)10-17(15)27-4/h5-10,12H,11H2,1-4H3,(H,22,24)(H,23,25). The summed E-state index contributed by atoms with van der Waals surface area (Å²) in [5.41, 5.74) is 0.884. The predicted molar refractivity (Wildman–Crippen MR) is 113 cm³/mol. The van der Waals surface area contributed by atoms with Crippen molar-refractivity contribution in [1.29, 1.82) is 0 Å². The molecule has 0 radical (unpaired) electrons. The molecule has 2 aromatic rings. The number of halogens is 1. The van der Waals surface area contributed by atoms with E-state index in [1.54, 1.807) is 30.3 Å². The Kier molecular flexibility index (Phi) is 8.02. The minimum Gasteiger partial charge on any atom is -0.495 e. The Morgan fingerprint density at radius 3 is 2.43 bits per heavy atom. The van der Waals surface area contributed by atoms with Crippen molar-refractivity contribution < 1.29 is 19.1 Å². The van der Waals surface area contributed by atoms with Gasteiger partial charge in [-0.2, -0.15) is 0 Å². The van der Waals surface area contributed by atoms with E-state index in [1.807, 2.05) is 19.9 Å². The number of hydrogen-bond acceptors (Lipinski definition) is 5. The van der Waals surface area contributed by atoms with Gasteiger partial charge >= 0.3 is 0 Å². The van der Waals surface area contributed by atoms with Crippen LogP contribution in [0.3, 0.4) is 0 Å². The van der Waals surface area contributed by atoms with Crippen LogP contribution in [-0.2, 0) is 4.79 Å². The van der Waals surface area contributed by atoms with E-state index in [1.165, 1.54) is 26.0 Å². The number of anilines is 1. The molecule has 28 heavy (non-hydrogen) atoms. The van der Waals surface area contributed by atoms with Crippen LogP contribution in [0, 0.1) is 0 Å². The maximum Gasteiger partial charge on any atom is 0.256 e. The van der Waals surface area contributed by atoms with Crippen molar-refractivity contribution in [3.05, 3.63) is 47.0 Å². The van der Waals surface area contributed by atoms with E-state index in [4.69, 9.17) is 21.1 Å². The third-order valence-electron chi connectivity index (χ3n) is 3.66. The lowest BCUT2D eigenvalue weighted by atomic mass is 10.2. The summed E-state index contributed by atoms with van der Waals surface area (Å²) in [6.07, 6.45) is 0. The number of amides is 2. The molecule has 2 amide bonds. The molecule has 0 spiro atoms. The maximum absolute atomic E-state index is 12.8. The van der Waals surface area contributed by atoms with Gasteiger partial charge in [0.25, 0.3) is 5.91 Å². The Bertz CT molecular complexity index is 858. The monoisotopic (exact) mass is 422 g/mol. The summed E-state index contributed by atoms with van der Waals surface area (Å²) in [5.74, 6) is 0.686. The molecule has 0 bridgehead atoms. The largest absolute Gasteiger partial charge is 0.495 e. The van der Waals surface area contributed by atoms with Crippen molar-refractivity contribution in [2.24, 2.45) is 0 Å². The second-order valence-corrected chi connectivity index (χ2v) is 7.57. The Balaban J connectivity index is 2.19. The molecule has 2 N–H and O–H groups in total. The first-order valence-electron chi connectivity index (χ1n) is 8.59. The Morgan fingerprint density at radius 2 is 1.79 bits per heavy atom. The van der Waals surface area contributed by atoms with Gasteiger partial charge in [-0.1, -0.05) is 23.7 Å². The summed E-state index contributed by atoms with van der Waals surface area (Å²) in [5, 5.41) is 6.00. The molecule has 0 saturated heterocycles. The fourth-order valence-corrected chi connectivity index (χ4v) is 3.54. The highest BCUT2D eigenvalue weighted by Crippen LogP contribution is 2.36. The van der Waals surface area contributed by atoms with E-state index < -0.39 is 0 Å². The molecular weight excluding hydrogens is 400 g/mol. The fraction of sp³-hybridized carbons (Fsp3) is 0.300. The number of methoxy groups -OCH3 is 2. The molecule has 8 heteroatoms. The van der Waals surface area contributed by atoms with Gasteiger partial charge in [0.2, 0.25) is 5.91 Å². The number of rotatable bonds is 8. The number of ether oxygens (including phenoxy) is 2. The molecule has 2 rings (SSSR count). The van der Waals surface area contributed by atoms with Crippen LogP contribution < -0.4 is 20.1 Å². The lowest BCUT2D eigenvalue weighted by Crippen LogP contribution is -2.31. The lowest BCUT2D eigenvalue weighted by Gasteiger charge is -2.14. The molecule has 0 fully saturated rings. The third kappa shape index (κ3) is 5.81. The Labute approximate surface area is 173 Å². The zero-order valence-electron chi connectivity index (χ0n) is 16.2. The SMILES string of the molecule is COc1cc(OC)c(NC(=O)c2ccccc2SCC(=O)NC(C)C)cc1Cl. The molecule has 0 aliphatic rings. The molecule has 0 aliphatic carbocycles. The van der Waals surface area contributed by atoms with Gasteiger partial charge in [0.1, 0.15) is 11.5 Å². The molecule has 0 atom stereocenters. The highest BCUT2D eigenvalue weighted by molar-refractivity contribution is 8.00. The van der Waals surface area contributed by atoms with Gasteiger partial charge in [0.05, 0.1) is 36.2 Å². The van der Waals surface area contributed by atoms with E-state index >= 15 is 0 Å². The summed E-state index contributed by atoms with van der Waals surface area (Å²) in [4.78, 5) is 25.4. The second-order valence-electron chi connectivity index (χ2n) is 6.15. The van der Waals surface area contributed by atoms with Crippen molar-refractivity contribution >= 4 is 40.9 Å². The number of benzene rings is 2. The van der Waals surface area contributed by atoms with Gasteiger partial charge in [0.15, 0.2) is 0 Å². The molecule has 2 aromatic carbocycles. The van der Waals surface area contributed by atoms with Crippen molar-refractivity contribution in [2.75, 3.05) is 25.3 Å². The summed E-state index contributed by atoms with van der Waals surface area (Å²) in [6.45, 7) is 3.80. The Morgan fingerprint density at radius 1 is 1.11 bits per heavy atom. The van der Waals surface area contributed by atoms with E-state index in [-0.39, 0.29) is 23.6 Å². The number of nitrogens with one attached hydrogen (secondary N) is 2. The minimum absolute atomic E-state index is 0.0685. The van der Waals surface area contributed by atoms with Crippen LogP contribution in [0.5, 0.6) is 11.5 Å². The number of hydrogen-bond donors (Lipinski definition) is 2. The fourth-order valence-electron chi connectivity index (χ4n) is 2.43. The summed E-state index contributed by atoms with van der Waals surface area (Å²) in [7, 11) is 3.00. The number of carbonyl (C=O) groups is 2. The van der Waals surface area contributed by atoms with Crippen molar-refractivity contribution in [1.82, 2.24) is 5.32 Å². The molecule has 150 valence electrons. The van der Waals surface area contributed by atoms with Gasteiger partial charge in [-0.15, -0.1) is 11.8 Å². The first-order chi connectivity index (χ1) is 13.3. The molecule has 0 heterocycles. The normalized spacial score (nSPS) is 10.5. The van der Waals surface area contributed by atoms with E-state index in [0.717, 1.165) is 0 Å². The first-order valence-corrected chi connectivity index (χ1v) is 9.96. The van der Waals surface area contributed by atoms with Crippen molar-refractivity contribution in [3.63, 3.8) is 0 Å². The smallest absolute Gasteiger partial charge is 0.256 e. The van der Waals surface area contributed by atoms with Gasteiger partial charge in [0, 0.05) is 17.0 Å². The molecule has 0 aromatic heterocycles. The van der Waals surface area contributed by atoms with Crippen LogP contribution in [0.25, 0.3) is 0 Å². The number of thioether (sulfide) groups is 1. The van der Waals surface area contributed by atoms with Gasteiger partial charge in [-0.3, -0.25) is 9.59 Å². The average molecular weight is 423 g/mol. The van der Waals surface area contributed by atoms with Crippen LogP contribution in [-0.4, -0.2) is 37.8 Å². The van der Waals surface area contributed by atoms with Crippen LogP contribution in [0.1, 0.15) is 24.2 Å². The number of carbonyl (C=O) groups excluding carboxylic acids is 2. The first kappa shape index (κ1) is 21.9. The molecular formula is C20H23ClN2O4S. The summed E-state index contributed by atoms with van der Waals surface area (Å²) < 4.78 is 10.5. The zero-order chi connectivity index (χ0) is 20.7.